The molecule has 1 aromatic rings. The normalized spacial score (nSPS) is 20.4. The number of nitrogens with zero attached hydrogens (tertiary/aromatic N) is 1. The number of rotatable bonds is 5. The van der Waals surface area contributed by atoms with E-state index in [4.69, 9.17) is 0 Å². The molecule has 0 bridgehead atoms. The first kappa shape index (κ1) is 15.0. The van der Waals surface area contributed by atoms with Crippen LogP contribution in [0.25, 0.3) is 0 Å². The second-order valence-corrected chi connectivity index (χ2v) is 6.25. The van der Waals surface area contributed by atoms with Gasteiger partial charge in [0, 0.05) is 18.3 Å². The lowest BCUT2D eigenvalue weighted by Gasteiger charge is -2.36. The van der Waals surface area contributed by atoms with Gasteiger partial charge < -0.3 is 15.4 Å². The summed E-state index contributed by atoms with van der Waals surface area (Å²) in [7, 11) is 0. The zero-order chi connectivity index (χ0) is 15.7. The summed E-state index contributed by atoms with van der Waals surface area (Å²) < 4.78 is 28.6. The van der Waals surface area contributed by atoms with Gasteiger partial charge >= 0.3 is 12.6 Å². The van der Waals surface area contributed by atoms with Crippen molar-refractivity contribution in [3.05, 3.63) is 23.9 Å². The molecule has 0 unspecified atom stereocenters. The molecule has 2 fully saturated rings. The summed E-state index contributed by atoms with van der Waals surface area (Å²) in [6.07, 6.45) is 6.08. The van der Waals surface area contributed by atoms with Gasteiger partial charge in [0.2, 0.25) is 5.88 Å². The van der Waals surface area contributed by atoms with Gasteiger partial charge in [-0.25, -0.2) is 9.78 Å². The topological polar surface area (TPSA) is 63.2 Å². The zero-order valence-corrected chi connectivity index (χ0v) is 12.3. The molecule has 0 aromatic carbocycles. The van der Waals surface area contributed by atoms with Crippen molar-refractivity contribution in [1.82, 2.24) is 15.6 Å². The number of aromatic nitrogens is 1. The lowest BCUT2D eigenvalue weighted by atomic mass is 9.77. The molecule has 5 nitrogen and oxygen atoms in total. The van der Waals surface area contributed by atoms with Gasteiger partial charge in [-0.1, -0.05) is 0 Å². The van der Waals surface area contributed by atoms with E-state index >= 15 is 0 Å². The SMILES string of the molecule is C[C@H](NC(=O)NC1CC2(CC2)C1)c1ccnc(OC(F)F)c1. The van der Waals surface area contributed by atoms with Crippen molar-refractivity contribution < 1.29 is 18.3 Å². The standard InChI is InChI=1S/C15H19F2N3O2/c1-9(10-2-5-18-12(6-10)22-13(16)17)19-14(21)20-11-7-15(8-11)3-4-15/h2,5-6,9,11,13H,3-4,7-8H2,1H3,(H2,19,20,21)/t9-/m0/s1. The molecule has 22 heavy (non-hydrogen) atoms. The number of hydrogen-bond acceptors (Lipinski definition) is 3. The van der Waals surface area contributed by atoms with Crippen molar-refractivity contribution >= 4 is 6.03 Å². The van der Waals surface area contributed by atoms with Crippen LogP contribution in [0.2, 0.25) is 0 Å². The van der Waals surface area contributed by atoms with Crippen LogP contribution in [0.4, 0.5) is 13.6 Å². The maximum absolute atomic E-state index is 12.2. The molecule has 3 rings (SSSR count). The minimum Gasteiger partial charge on any atom is -0.417 e. The Morgan fingerprint density at radius 3 is 2.82 bits per heavy atom. The first-order chi connectivity index (χ1) is 10.5. The van der Waals surface area contributed by atoms with E-state index in [0.29, 0.717) is 11.0 Å². The summed E-state index contributed by atoms with van der Waals surface area (Å²) in [4.78, 5) is 15.6. The molecule has 0 saturated heterocycles. The number of nitrogens with one attached hydrogen (secondary N) is 2. The summed E-state index contributed by atoms with van der Waals surface area (Å²) in [5.74, 6) is -0.156. The second kappa shape index (κ2) is 5.70. The quantitative estimate of drug-likeness (QED) is 0.878. The fourth-order valence-electron chi connectivity index (χ4n) is 3.03. The molecule has 2 N–H and O–H groups in total. The minimum absolute atomic E-state index is 0.156. The molecule has 2 saturated carbocycles. The Labute approximate surface area is 127 Å². The number of urea groups is 1. The van der Waals surface area contributed by atoms with Crippen LogP contribution >= 0.6 is 0 Å². The summed E-state index contributed by atoms with van der Waals surface area (Å²) >= 11 is 0. The molecule has 1 spiro atoms. The third-order valence-corrected chi connectivity index (χ3v) is 4.47. The molecule has 7 heteroatoms. The average molecular weight is 311 g/mol. The van der Waals surface area contributed by atoms with Gasteiger partial charge in [-0.15, -0.1) is 0 Å². The Bertz CT molecular complexity index is 555. The smallest absolute Gasteiger partial charge is 0.388 e. The molecular weight excluding hydrogens is 292 g/mol. The van der Waals surface area contributed by atoms with Crippen molar-refractivity contribution in [2.45, 2.75) is 51.3 Å². The Hall–Kier alpha value is -1.92. The van der Waals surface area contributed by atoms with Gasteiger partial charge in [0.15, 0.2) is 0 Å². The van der Waals surface area contributed by atoms with Crippen LogP contribution in [0.5, 0.6) is 5.88 Å². The number of hydrogen-bond donors (Lipinski definition) is 2. The van der Waals surface area contributed by atoms with Gasteiger partial charge in [-0.3, -0.25) is 0 Å². The van der Waals surface area contributed by atoms with E-state index < -0.39 is 6.61 Å². The molecule has 120 valence electrons. The lowest BCUT2D eigenvalue weighted by Crippen LogP contribution is -2.49. The predicted octanol–water partition coefficient (Wildman–Crippen LogP) is 2.99. The maximum atomic E-state index is 12.2. The number of carbonyl (C=O) groups excluding carboxylic acids is 1. The number of pyridine rings is 1. The van der Waals surface area contributed by atoms with Crippen molar-refractivity contribution in [2.24, 2.45) is 5.41 Å². The van der Waals surface area contributed by atoms with E-state index in [-0.39, 0.29) is 24.0 Å². The fourth-order valence-corrected chi connectivity index (χ4v) is 3.03. The van der Waals surface area contributed by atoms with E-state index in [1.807, 2.05) is 0 Å². The van der Waals surface area contributed by atoms with Crippen LogP contribution < -0.4 is 15.4 Å². The molecule has 1 aromatic heterocycles. The largest absolute Gasteiger partial charge is 0.417 e. The molecule has 1 heterocycles. The summed E-state index contributed by atoms with van der Waals surface area (Å²) in [6.45, 7) is -1.13. The average Bonchev–Trinajstić information content (AvgIpc) is 3.18. The van der Waals surface area contributed by atoms with E-state index in [0.717, 1.165) is 12.8 Å². The van der Waals surface area contributed by atoms with E-state index in [1.165, 1.54) is 25.1 Å². The monoisotopic (exact) mass is 311 g/mol. The van der Waals surface area contributed by atoms with Gasteiger partial charge in [0.25, 0.3) is 0 Å². The van der Waals surface area contributed by atoms with Crippen molar-refractivity contribution in [3.63, 3.8) is 0 Å². The van der Waals surface area contributed by atoms with Crippen LogP contribution in [0, 0.1) is 5.41 Å². The van der Waals surface area contributed by atoms with Crippen LogP contribution in [-0.2, 0) is 0 Å². The van der Waals surface area contributed by atoms with E-state index in [2.05, 4.69) is 20.4 Å². The summed E-state index contributed by atoms with van der Waals surface area (Å²) in [6, 6.07) is 2.76. The number of ether oxygens (including phenoxy) is 1. The van der Waals surface area contributed by atoms with E-state index in [1.54, 1.807) is 13.0 Å². The van der Waals surface area contributed by atoms with Crippen LogP contribution in [0.3, 0.4) is 0 Å². The molecule has 2 aliphatic carbocycles. The van der Waals surface area contributed by atoms with Gasteiger partial charge in [-0.05, 0) is 49.7 Å². The number of alkyl halides is 2. The fraction of sp³-hybridized carbons (Fsp3) is 0.600. The molecular formula is C15H19F2N3O2. The Morgan fingerprint density at radius 1 is 1.45 bits per heavy atom. The molecule has 2 aliphatic rings. The molecule has 1 atom stereocenters. The molecule has 0 aliphatic heterocycles. The highest BCUT2D eigenvalue weighted by molar-refractivity contribution is 5.75. The van der Waals surface area contributed by atoms with Crippen molar-refractivity contribution in [3.8, 4) is 5.88 Å². The molecule has 0 radical (unpaired) electrons. The predicted molar refractivity (Wildman–Crippen MR) is 75.6 cm³/mol. The highest BCUT2D eigenvalue weighted by atomic mass is 19.3. The third-order valence-electron chi connectivity index (χ3n) is 4.47. The van der Waals surface area contributed by atoms with Gasteiger partial charge in [0.1, 0.15) is 0 Å². The number of halogens is 2. The Kier molecular flexibility index (Phi) is 3.88. The maximum Gasteiger partial charge on any atom is 0.388 e. The third kappa shape index (κ3) is 3.45. The van der Waals surface area contributed by atoms with Crippen molar-refractivity contribution in [1.29, 1.82) is 0 Å². The minimum atomic E-state index is -2.91. The Morgan fingerprint density at radius 2 is 2.18 bits per heavy atom. The van der Waals surface area contributed by atoms with E-state index in [9.17, 15) is 13.6 Å². The highest BCUT2D eigenvalue weighted by Crippen LogP contribution is 2.60. The number of amides is 2. The highest BCUT2D eigenvalue weighted by Gasteiger charge is 2.53. The lowest BCUT2D eigenvalue weighted by molar-refractivity contribution is -0.0529. The van der Waals surface area contributed by atoms with Gasteiger partial charge in [-0.2, -0.15) is 8.78 Å². The van der Waals surface area contributed by atoms with Gasteiger partial charge in [0.05, 0.1) is 6.04 Å². The van der Waals surface area contributed by atoms with Crippen LogP contribution in [0.1, 0.15) is 44.2 Å². The second-order valence-electron chi connectivity index (χ2n) is 6.25. The molecule has 2 amide bonds. The van der Waals surface area contributed by atoms with Crippen LogP contribution in [-0.4, -0.2) is 23.7 Å². The Balaban J connectivity index is 1.50. The van der Waals surface area contributed by atoms with Crippen LogP contribution in [0.15, 0.2) is 18.3 Å². The van der Waals surface area contributed by atoms with Crippen molar-refractivity contribution in [2.75, 3.05) is 0 Å². The summed E-state index contributed by atoms with van der Waals surface area (Å²) in [5, 5.41) is 5.75. The zero-order valence-electron chi connectivity index (χ0n) is 12.3. The first-order valence-electron chi connectivity index (χ1n) is 7.44. The number of carbonyl (C=O) groups is 1. The summed E-state index contributed by atoms with van der Waals surface area (Å²) in [5.41, 5.74) is 1.20. The first-order valence-corrected chi connectivity index (χ1v) is 7.44.